The summed E-state index contributed by atoms with van der Waals surface area (Å²) in [6, 6.07) is 7.45. The third-order valence-corrected chi connectivity index (χ3v) is 4.95. The molecule has 0 saturated heterocycles. The lowest BCUT2D eigenvalue weighted by Gasteiger charge is -2.07. The van der Waals surface area contributed by atoms with Crippen molar-refractivity contribution in [3.05, 3.63) is 64.2 Å². The summed E-state index contributed by atoms with van der Waals surface area (Å²) in [6.45, 7) is 4.31. The lowest BCUT2D eigenvalue weighted by Crippen LogP contribution is -2.14. The number of rotatable bonds is 8. The van der Waals surface area contributed by atoms with E-state index in [9.17, 15) is 4.79 Å². The zero-order chi connectivity index (χ0) is 19.2. The Hall–Kier alpha value is -2.78. The molecule has 0 saturated carbocycles. The van der Waals surface area contributed by atoms with Gasteiger partial charge in [0.25, 0.3) is 0 Å². The molecule has 1 amide bonds. The number of allylic oxidation sites excluding steroid dienone is 1. The molecule has 0 aliphatic heterocycles. The minimum absolute atomic E-state index is 0.144. The first kappa shape index (κ1) is 19.0. The maximum atomic E-state index is 12.3. The van der Waals surface area contributed by atoms with Gasteiger partial charge in [-0.05, 0) is 18.3 Å². The third kappa shape index (κ3) is 4.69. The van der Waals surface area contributed by atoms with E-state index in [0.29, 0.717) is 28.6 Å². The second-order valence-electron chi connectivity index (χ2n) is 5.70. The Labute approximate surface area is 165 Å². The lowest BCUT2D eigenvalue weighted by atomic mass is 10.1. The average Bonchev–Trinajstić information content (AvgIpc) is 3.24. The number of H-pyrrole nitrogens is 1. The van der Waals surface area contributed by atoms with Crippen LogP contribution in [0.2, 0.25) is 0 Å². The van der Waals surface area contributed by atoms with Crippen molar-refractivity contribution in [3.63, 3.8) is 0 Å². The molecule has 0 spiro atoms. The normalized spacial score (nSPS) is 10.6. The quantitative estimate of drug-likeness (QED) is 0.447. The van der Waals surface area contributed by atoms with E-state index in [4.69, 9.17) is 17.0 Å². The Kier molecular flexibility index (Phi) is 6.15. The smallest absolute Gasteiger partial charge is 0.230 e. The summed E-state index contributed by atoms with van der Waals surface area (Å²) in [4.78, 5) is 16.8. The standard InChI is InChI=1S/C18H19N5O2S2/c1-3-8-23-15(21-22-18(23)26)10-13-11-27-17(19-13)20-16(24)9-12-6-4-5-7-14(12)25-2/h3-7,11H,1,8-10H2,2H3,(H,22,26)(H,19,20,24). The molecule has 3 rings (SSSR count). The van der Waals surface area contributed by atoms with E-state index >= 15 is 0 Å². The molecular weight excluding hydrogens is 382 g/mol. The molecular formula is C18H19N5O2S2. The van der Waals surface area contributed by atoms with Crippen LogP contribution >= 0.6 is 23.6 Å². The summed E-state index contributed by atoms with van der Waals surface area (Å²) in [5.74, 6) is 1.32. The van der Waals surface area contributed by atoms with Gasteiger partial charge in [-0.3, -0.25) is 14.5 Å². The Morgan fingerprint density at radius 3 is 3.07 bits per heavy atom. The molecule has 1 aromatic carbocycles. The minimum Gasteiger partial charge on any atom is -0.496 e. The first-order valence-electron chi connectivity index (χ1n) is 8.22. The average molecular weight is 402 g/mol. The second-order valence-corrected chi connectivity index (χ2v) is 6.95. The lowest BCUT2D eigenvalue weighted by molar-refractivity contribution is -0.115. The highest BCUT2D eigenvalue weighted by molar-refractivity contribution is 7.71. The molecule has 0 fully saturated rings. The van der Waals surface area contributed by atoms with Crippen molar-refractivity contribution in [1.29, 1.82) is 0 Å². The summed E-state index contributed by atoms with van der Waals surface area (Å²) in [6.07, 6.45) is 2.50. The van der Waals surface area contributed by atoms with Crippen molar-refractivity contribution < 1.29 is 9.53 Å². The van der Waals surface area contributed by atoms with Crippen molar-refractivity contribution in [3.8, 4) is 5.75 Å². The zero-order valence-corrected chi connectivity index (χ0v) is 16.4. The number of amides is 1. The summed E-state index contributed by atoms with van der Waals surface area (Å²) >= 11 is 6.59. The minimum atomic E-state index is -0.144. The van der Waals surface area contributed by atoms with Crippen molar-refractivity contribution in [2.24, 2.45) is 0 Å². The van der Waals surface area contributed by atoms with Gasteiger partial charge in [0.1, 0.15) is 11.6 Å². The van der Waals surface area contributed by atoms with Crippen LogP contribution in [0.4, 0.5) is 5.13 Å². The van der Waals surface area contributed by atoms with Gasteiger partial charge in [-0.25, -0.2) is 4.98 Å². The number of methoxy groups -OCH3 is 1. The van der Waals surface area contributed by atoms with Gasteiger partial charge >= 0.3 is 0 Å². The van der Waals surface area contributed by atoms with Gasteiger partial charge in [0, 0.05) is 17.5 Å². The van der Waals surface area contributed by atoms with Gasteiger partial charge in [-0.1, -0.05) is 24.3 Å². The molecule has 2 heterocycles. The van der Waals surface area contributed by atoms with E-state index in [-0.39, 0.29) is 12.3 Å². The van der Waals surface area contributed by atoms with Gasteiger partial charge in [0.05, 0.1) is 25.6 Å². The van der Waals surface area contributed by atoms with Crippen LogP contribution in [0.15, 0.2) is 42.3 Å². The second kappa shape index (κ2) is 8.74. The van der Waals surface area contributed by atoms with E-state index in [1.54, 1.807) is 13.2 Å². The van der Waals surface area contributed by atoms with Crippen LogP contribution in [0.1, 0.15) is 17.1 Å². The molecule has 0 atom stereocenters. The molecule has 140 valence electrons. The molecule has 7 nitrogen and oxygen atoms in total. The van der Waals surface area contributed by atoms with Gasteiger partial charge in [0.2, 0.25) is 5.91 Å². The predicted octanol–water partition coefficient (Wildman–Crippen LogP) is 3.36. The fraction of sp³-hybridized carbons (Fsp3) is 0.222. The summed E-state index contributed by atoms with van der Waals surface area (Å²) in [5.41, 5.74) is 1.64. The van der Waals surface area contributed by atoms with Gasteiger partial charge in [-0.15, -0.1) is 17.9 Å². The number of nitrogens with zero attached hydrogens (tertiary/aromatic N) is 3. The number of anilines is 1. The van der Waals surface area contributed by atoms with Crippen molar-refractivity contribution in [2.75, 3.05) is 12.4 Å². The largest absolute Gasteiger partial charge is 0.496 e. The molecule has 2 N–H and O–H groups in total. The Morgan fingerprint density at radius 2 is 2.30 bits per heavy atom. The SMILES string of the molecule is C=CCn1c(Cc2csc(NC(=O)Cc3ccccc3OC)n2)n[nH]c1=S. The number of hydrogen-bond donors (Lipinski definition) is 2. The Balaban J connectivity index is 1.65. The summed E-state index contributed by atoms with van der Waals surface area (Å²) in [5, 5.41) is 12.3. The van der Waals surface area contributed by atoms with Crippen molar-refractivity contribution in [2.45, 2.75) is 19.4 Å². The Bertz CT molecular complexity index is 1010. The van der Waals surface area contributed by atoms with Crippen LogP contribution in [0, 0.1) is 4.77 Å². The highest BCUT2D eigenvalue weighted by atomic mass is 32.1. The number of aromatic amines is 1. The van der Waals surface area contributed by atoms with Gasteiger partial charge < -0.3 is 10.1 Å². The third-order valence-electron chi connectivity index (χ3n) is 3.83. The van der Waals surface area contributed by atoms with E-state index < -0.39 is 0 Å². The molecule has 2 aromatic heterocycles. The maximum Gasteiger partial charge on any atom is 0.230 e. The number of hydrogen-bond acceptors (Lipinski definition) is 6. The van der Waals surface area contributed by atoms with Crippen LogP contribution in [0.25, 0.3) is 0 Å². The van der Waals surface area contributed by atoms with Gasteiger partial charge in [-0.2, -0.15) is 5.10 Å². The highest BCUT2D eigenvalue weighted by Crippen LogP contribution is 2.20. The molecule has 0 aliphatic carbocycles. The molecule has 0 bridgehead atoms. The van der Waals surface area contributed by atoms with Crippen LogP contribution in [0.5, 0.6) is 5.75 Å². The summed E-state index contributed by atoms with van der Waals surface area (Å²) in [7, 11) is 1.59. The summed E-state index contributed by atoms with van der Waals surface area (Å²) < 4.78 is 7.69. The van der Waals surface area contributed by atoms with E-state index in [0.717, 1.165) is 17.1 Å². The highest BCUT2D eigenvalue weighted by Gasteiger charge is 2.12. The van der Waals surface area contributed by atoms with E-state index in [1.807, 2.05) is 34.2 Å². The number of benzene rings is 1. The fourth-order valence-corrected chi connectivity index (χ4v) is 3.55. The van der Waals surface area contributed by atoms with Crippen LogP contribution in [-0.4, -0.2) is 32.8 Å². The number of para-hydroxylation sites is 1. The van der Waals surface area contributed by atoms with Crippen molar-refractivity contribution in [1.82, 2.24) is 19.7 Å². The predicted molar refractivity (Wildman–Crippen MR) is 108 cm³/mol. The van der Waals surface area contributed by atoms with Gasteiger partial charge in [0.15, 0.2) is 9.90 Å². The monoisotopic (exact) mass is 401 g/mol. The fourth-order valence-electron chi connectivity index (χ4n) is 2.60. The molecule has 0 radical (unpaired) electrons. The number of ether oxygens (including phenoxy) is 1. The van der Waals surface area contributed by atoms with Crippen LogP contribution in [-0.2, 0) is 24.2 Å². The Morgan fingerprint density at radius 1 is 1.48 bits per heavy atom. The number of nitrogens with one attached hydrogen (secondary N) is 2. The van der Waals surface area contributed by atoms with Crippen molar-refractivity contribution >= 4 is 34.6 Å². The molecule has 3 aromatic rings. The molecule has 9 heteroatoms. The van der Waals surface area contributed by atoms with Crippen LogP contribution in [0.3, 0.4) is 0 Å². The number of carbonyl (C=O) groups is 1. The maximum absolute atomic E-state index is 12.3. The molecule has 0 aliphatic rings. The van der Waals surface area contributed by atoms with E-state index in [2.05, 4.69) is 27.1 Å². The molecule has 0 unspecified atom stereocenters. The first-order chi connectivity index (χ1) is 13.1. The zero-order valence-electron chi connectivity index (χ0n) is 14.8. The topological polar surface area (TPSA) is 84.8 Å². The van der Waals surface area contributed by atoms with Crippen LogP contribution < -0.4 is 10.1 Å². The number of carbonyl (C=O) groups excluding carboxylic acids is 1. The van der Waals surface area contributed by atoms with E-state index in [1.165, 1.54) is 11.3 Å². The number of thiazole rings is 1. The number of aromatic nitrogens is 4. The molecule has 27 heavy (non-hydrogen) atoms. The first-order valence-corrected chi connectivity index (χ1v) is 9.50.